The second kappa shape index (κ2) is 7.06. The molecular formula is C9H19F3N2. The molecule has 0 fully saturated rings. The zero-order valence-corrected chi connectivity index (χ0v) is 8.61. The molecule has 0 amide bonds. The minimum Gasteiger partial charge on any atom is -0.330 e. The van der Waals surface area contributed by atoms with E-state index in [4.69, 9.17) is 5.73 Å². The van der Waals surface area contributed by atoms with Crippen molar-refractivity contribution in [2.24, 2.45) is 5.73 Å². The van der Waals surface area contributed by atoms with Gasteiger partial charge in [-0.2, -0.15) is 13.2 Å². The number of unbranched alkanes of at least 4 members (excludes halogenated alkanes) is 1. The Balaban J connectivity index is 3.77. The summed E-state index contributed by atoms with van der Waals surface area (Å²) in [6.45, 7) is 2.62. The van der Waals surface area contributed by atoms with Crippen molar-refractivity contribution >= 4 is 0 Å². The molecule has 0 spiro atoms. The Kier molecular flexibility index (Phi) is 6.92. The SMILES string of the molecule is CCCN(CCCCN)CC(F)(F)F. The molecule has 0 rings (SSSR count). The molecule has 0 bridgehead atoms. The van der Waals surface area contributed by atoms with Gasteiger partial charge in [0.1, 0.15) is 0 Å². The highest BCUT2D eigenvalue weighted by atomic mass is 19.4. The van der Waals surface area contributed by atoms with Gasteiger partial charge >= 0.3 is 6.18 Å². The lowest BCUT2D eigenvalue weighted by molar-refractivity contribution is -0.146. The first-order chi connectivity index (χ1) is 6.49. The number of hydrogen-bond acceptors (Lipinski definition) is 2. The summed E-state index contributed by atoms with van der Waals surface area (Å²) >= 11 is 0. The van der Waals surface area contributed by atoms with E-state index in [0.29, 0.717) is 19.6 Å². The van der Waals surface area contributed by atoms with Crippen molar-refractivity contribution in [1.82, 2.24) is 4.90 Å². The molecular weight excluding hydrogens is 193 g/mol. The smallest absolute Gasteiger partial charge is 0.330 e. The van der Waals surface area contributed by atoms with E-state index in [2.05, 4.69) is 0 Å². The minimum absolute atomic E-state index is 0.491. The maximum Gasteiger partial charge on any atom is 0.401 e. The maximum atomic E-state index is 12.1. The molecule has 0 aliphatic heterocycles. The van der Waals surface area contributed by atoms with Gasteiger partial charge in [0.15, 0.2) is 0 Å². The van der Waals surface area contributed by atoms with Crippen molar-refractivity contribution in [1.29, 1.82) is 0 Å². The van der Waals surface area contributed by atoms with Gasteiger partial charge in [-0.3, -0.25) is 4.90 Å². The fraction of sp³-hybridized carbons (Fsp3) is 1.00. The fourth-order valence-corrected chi connectivity index (χ4v) is 1.32. The molecule has 86 valence electrons. The molecule has 0 saturated heterocycles. The average molecular weight is 212 g/mol. The van der Waals surface area contributed by atoms with Crippen LogP contribution in [0.25, 0.3) is 0 Å². The summed E-state index contributed by atoms with van der Waals surface area (Å²) in [5.74, 6) is 0. The maximum absolute atomic E-state index is 12.1. The quantitative estimate of drug-likeness (QED) is 0.654. The lowest BCUT2D eigenvalue weighted by atomic mass is 10.3. The molecule has 0 radical (unpaired) electrons. The van der Waals surface area contributed by atoms with Crippen LogP contribution in [0.15, 0.2) is 0 Å². The second-order valence-electron chi connectivity index (χ2n) is 3.39. The molecule has 0 aromatic rings. The Hall–Kier alpha value is -0.290. The largest absolute Gasteiger partial charge is 0.401 e. The van der Waals surface area contributed by atoms with Crippen molar-refractivity contribution in [2.75, 3.05) is 26.2 Å². The van der Waals surface area contributed by atoms with Crippen LogP contribution in [-0.2, 0) is 0 Å². The number of rotatable bonds is 7. The molecule has 14 heavy (non-hydrogen) atoms. The Morgan fingerprint density at radius 2 is 1.79 bits per heavy atom. The van der Waals surface area contributed by atoms with Gasteiger partial charge in [0.25, 0.3) is 0 Å². The van der Waals surface area contributed by atoms with E-state index < -0.39 is 12.7 Å². The number of alkyl halides is 3. The fourth-order valence-electron chi connectivity index (χ4n) is 1.32. The van der Waals surface area contributed by atoms with E-state index >= 15 is 0 Å². The van der Waals surface area contributed by atoms with Gasteiger partial charge in [0.2, 0.25) is 0 Å². The van der Waals surface area contributed by atoms with E-state index in [9.17, 15) is 13.2 Å². The highest BCUT2D eigenvalue weighted by Gasteiger charge is 2.29. The van der Waals surface area contributed by atoms with Crippen LogP contribution < -0.4 is 5.73 Å². The van der Waals surface area contributed by atoms with Crippen molar-refractivity contribution in [3.63, 3.8) is 0 Å². The van der Waals surface area contributed by atoms with Crippen molar-refractivity contribution in [2.45, 2.75) is 32.4 Å². The first-order valence-electron chi connectivity index (χ1n) is 4.98. The zero-order valence-electron chi connectivity index (χ0n) is 8.61. The van der Waals surface area contributed by atoms with Crippen LogP contribution in [0, 0.1) is 0 Å². The summed E-state index contributed by atoms with van der Waals surface area (Å²) < 4.78 is 36.2. The topological polar surface area (TPSA) is 29.3 Å². The summed E-state index contributed by atoms with van der Waals surface area (Å²) in [5.41, 5.74) is 5.28. The summed E-state index contributed by atoms with van der Waals surface area (Å²) in [5, 5.41) is 0. The average Bonchev–Trinajstić information content (AvgIpc) is 2.02. The normalized spacial score (nSPS) is 12.4. The van der Waals surface area contributed by atoms with Crippen LogP contribution in [0.3, 0.4) is 0 Å². The third-order valence-corrected chi connectivity index (χ3v) is 1.87. The minimum atomic E-state index is -4.09. The number of nitrogens with zero attached hydrogens (tertiary/aromatic N) is 1. The Bertz CT molecular complexity index is 137. The lowest BCUT2D eigenvalue weighted by Crippen LogP contribution is -2.35. The Morgan fingerprint density at radius 3 is 2.21 bits per heavy atom. The molecule has 0 heterocycles. The first-order valence-corrected chi connectivity index (χ1v) is 4.98. The monoisotopic (exact) mass is 212 g/mol. The molecule has 5 heteroatoms. The summed E-state index contributed by atoms with van der Waals surface area (Å²) in [4.78, 5) is 1.44. The third-order valence-electron chi connectivity index (χ3n) is 1.87. The molecule has 2 N–H and O–H groups in total. The molecule has 0 aliphatic carbocycles. The molecule has 0 atom stereocenters. The van der Waals surface area contributed by atoms with Gasteiger partial charge in [-0.15, -0.1) is 0 Å². The van der Waals surface area contributed by atoms with Gasteiger partial charge in [-0.1, -0.05) is 6.92 Å². The van der Waals surface area contributed by atoms with E-state index in [-0.39, 0.29) is 0 Å². The predicted molar refractivity (Wildman–Crippen MR) is 51.1 cm³/mol. The first kappa shape index (κ1) is 13.7. The van der Waals surface area contributed by atoms with Gasteiger partial charge in [-0.25, -0.2) is 0 Å². The van der Waals surface area contributed by atoms with E-state index in [0.717, 1.165) is 19.3 Å². The standard InChI is InChI=1S/C9H19F3N2/c1-2-6-14(7-4-3-5-13)8-9(10,11)12/h2-8,13H2,1H3. The predicted octanol–water partition coefficient (Wildman–Crippen LogP) is 2.00. The number of hydrogen-bond donors (Lipinski definition) is 1. The van der Waals surface area contributed by atoms with Crippen LogP contribution in [-0.4, -0.2) is 37.3 Å². The van der Waals surface area contributed by atoms with Crippen LogP contribution in [0.4, 0.5) is 13.2 Å². The van der Waals surface area contributed by atoms with Crippen LogP contribution in [0.1, 0.15) is 26.2 Å². The molecule has 0 aliphatic rings. The summed E-state index contributed by atoms with van der Waals surface area (Å²) in [6, 6.07) is 0. The van der Waals surface area contributed by atoms with Crippen LogP contribution >= 0.6 is 0 Å². The molecule has 2 nitrogen and oxygen atoms in total. The van der Waals surface area contributed by atoms with Crippen molar-refractivity contribution < 1.29 is 13.2 Å². The van der Waals surface area contributed by atoms with Gasteiger partial charge in [0, 0.05) is 0 Å². The number of nitrogens with two attached hydrogens (primary N) is 1. The lowest BCUT2D eigenvalue weighted by Gasteiger charge is -2.22. The van der Waals surface area contributed by atoms with Gasteiger partial charge < -0.3 is 5.73 Å². The highest BCUT2D eigenvalue weighted by molar-refractivity contribution is 4.63. The third kappa shape index (κ3) is 8.31. The highest BCUT2D eigenvalue weighted by Crippen LogP contribution is 2.16. The van der Waals surface area contributed by atoms with Crippen LogP contribution in [0.2, 0.25) is 0 Å². The van der Waals surface area contributed by atoms with E-state index in [1.54, 1.807) is 0 Å². The summed E-state index contributed by atoms with van der Waals surface area (Å²) in [7, 11) is 0. The van der Waals surface area contributed by atoms with Crippen LogP contribution in [0.5, 0.6) is 0 Å². The molecule has 0 saturated carbocycles. The van der Waals surface area contributed by atoms with Gasteiger partial charge in [-0.05, 0) is 38.9 Å². The Labute approximate surface area is 83.3 Å². The zero-order chi connectivity index (χ0) is 11.0. The molecule has 0 unspecified atom stereocenters. The second-order valence-corrected chi connectivity index (χ2v) is 3.39. The molecule has 0 aromatic carbocycles. The van der Waals surface area contributed by atoms with E-state index in [1.807, 2.05) is 6.92 Å². The summed E-state index contributed by atoms with van der Waals surface area (Å²) in [6.07, 6.45) is -1.80. The van der Waals surface area contributed by atoms with Crippen molar-refractivity contribution in [3.05, 3.63) is 0 Å². The van der Waals surface area contributed by atoms with E-state index in [1.165, 1.54) is 4.90 Å². The van der Waals surface area contributed by atoms with Crippen molar-refractivity contribution in [3.8, 4) is 0 Å². The van der Waals surface area contributed by atoms with Gasteiger partial charge in [0.05, 0.1) is 6.54 Å². The molecule has 0 aromatic heterocycles. The Morgan fingerprint density at radius 1 is 1.14 bits per heavy atom. The number of halogens is 3.